The van der Waals surface area contributed by atoms with E-state index in [1.165, 1.54) is 31.9 Å². The lowest BCUT2D eigenvalue weighted by Crippen LogP contribution is -2.20. The Balaban J connectivity index is 1.77. The monoisotopic (exact) mass is 248 g/mol. The Kier molecular flexibility index (Phi) is 4.88. The molecule has 0 aliphatic heterocycles. The fourth-order valence-electron chi connectivity index (χ4n) is 2.36. The lowest BCUT2D eigenvalue weighted by molar-refractivity contribution is 0.552. The van der Waals surface area contributed by atoms with Gasteiger partial charge < -0.3 is 5.32 Å². The van der Waals surface area contributed by atoms with Gasteiger partial charge in [0.05, 0.1) is 6.20 Å². The molecule has 0 fully saturated rings. The van der Waals surface area contributed by atoms with E-state index in [9.17, 15) is 4.39 Å². The summed E-state index contributed by atoms with van der Waals surface area (Å²) < 4.78 is 13.0. The minimum Gasteiger partial charge on any atom is -0.310 e. The molecule has 0 saturated heterocycles. The normalized spacial score (nSPS) is 17.3. The molecule has 18 heavy (non-hydrogen) atoms. The van der Waals surface area contributed by atoms with E-state index in [0.717, 1.165) is 18.5 Å². The maximum absolute atomic E-state index is 13.0. The van der Waals surface area contributed by atoms with E-state index in [0.29, 0.717) is 0 Å². The first-order valence-corrected chi connectivity index (χ1v) is 6.77. The summed E-state index contributed by atoms with van der Waals surface area (Å²) in [7, 11) is 0. The number of pyridine rings is 1. The average Bonchev–Trinajstić information content (AvgIpc) is 2.40. The van der Waals surface area contributed by atoms with Gasteiger partial charge in [-0.25, -0.2) is 4.39 Å². The molecule has 0 saturated carbocycles. The van der Waals surface area contributed by atoms with Crippen molar-refractivity contribution in [3.05, 3.63) is 41.5 Å². The van der Waals surface area contributed by atoms with Crippen LogP contribution in [0.2, 0.25) is 0 Å². The summed E-state index contributed by atoms with van der Waals surface area (Å²) in [6.07, 6.45) is 11.6. The molecule has 0 spiro atoms. The molecule has 0 amide bonds. The van der Waals surface area contributed by atoms with E-state index in [2.05, 4.69) is 16.4 Å². The van der Waals surface area contributed by atoms with Gasteiger partial charge in [-0.05, 0) is 57.2 Å². The largest absolute Gasteiger partial charge is 0.310 e. The third kappa shape index (κ3) is 3.91. The van der Waals surface area contributed by atoms with Gasteiger partial charge in [-0.2, -0.15) is 0 Å². The van der Waals surface area contributed by atoms with E-state index >= 15 is 0 Å². The van der Waals surface area contributed by atoms with Crippen LogP contribution in [0.25, 0.3) is 0 Å². The van der Waals surface area contributed by atoms with E-state index in [-0.39, 0.29) is 11.9 Å². The Morgan fingerprint density at radius 1 is 1.39 bits per heavy atom. The molecule has 98 valence electrons. The molecule has 0 bridgehead atoms. The van der Waals surface area contributed by atoms with Crippen LogP contribution < -0.4 is 5.32 Å². The average molecular weight is 248 g/mol. The van der Waals surface area contributed by atoms with Gasteiger partial charge in [0, 0.05) is 12.2 Å². The minimum atomic E-state index is -0.267. The highest BCUT2D eigenvalue weighted by molar-refractivity contribution is 5.14. The van der Waals surface area contributed by atoms with Crippen LogP contribution in [0.3, 0.4) is 0 Å². The molecule has 1 atom stereocenters. The second-order valence-electron chi connectivity index (χ2n) is 4.97. The first-order chi connectivity index (χ1) is 8.75. The van der Waals surface area contributed by atoms with Gasteiger partial charge in [-0.1, -0.05) is 11.6 Å². The molecular weight excluding hydrogens is 227 g/mol. The molecule has 1 unspecified atom stereocenters. The Bertz CT molecular complexity index is 415. The maximum atomic E-state index is 13.0. The van der Waals surface area contributed by atoms with Crippen molar-refractivity contribution in [2.24, 2.45) is 0 Å². The van der Waals surface area contributed by atoms with Crippen molar-refractivity contribution in [1.29, 1.82) is 0 Å². The number of nitrogens with zero attached hydrogens (tertiary/aromatic N) is 1. The number of halogens is 1. The fraction of sp³-hybridized carbons (Fsp3) is 0.533. The zero-order valence-electron chi connectivity index (χ0n) is 11.0. The van der Waals surface area contributed by atoms with Gasteiger partial charge in [-0.15, -0.1) is 0 Å². The molecule has 2 nitrogen and oxygen atoms in total. The van der Waals surface area contributed by atoms with Crippen LogP contribution in [-0.2, 0) is 0 Å². The summed E-state index contributed by atoms with van der Waals surface area (Å²) in [5.74, 6) is -0.267. The molecule has 2 rings (SSSR count). The molecule has 1 aromatic heterocycles. The summed E-state index contributed by atoms with van der Waals surface area (Å²) in [6, 6.07) is 1.70. The second kappa shape index (κ2) is 6.64. The van der Waals surface area contributed by atoms with Crippen LogP contribution in [0, 0.1) is 5.82 Å². The van der Waals surface area contributed by atoms with Gasteiger partial charge in [0.2, 0.25) is 0 Å². The molecule has 1 N–H and O–H groups in total. The lowest BCUT2D eigenvalue weighted by atomic mass is 9.97. The van der Waals surface area contributed by atoms with E-state index in [1.807, 2.05) is 6.92 Å². The van der Waals surface area contributed by atoms with Crippen molar-refractivity contribution in [3.8, 4) is 0 Å². The zero-order valence-corrected chi connectivity index (χ0v) is 11.0. The fourth-order valence-corrected chi connectivity index (χ4v) is 2.36. The highest BCUT2D eigenvalue weighted by atomic mass is 19.1. The van der Waals surface area contributed by atoms with E-state index < -0.39 is 0 Å². The predicted molar refractivity (Wildman–Crippen MR) is 71.8 cm³/mol. The van der Waals surface area contributed by atoms with Gasteiger partial charge >= 0.3 is 0 Å². The van der Waals surface area contributed by atoms with Crippen LogP contribution >= 0.6 is 0 Å². The minimum absolute atomic E-state index is 0.150. The number of rotatable bonds is 5. The number of hydrogen-bond acceptors (Lipinski definition) is 2. The smallest absolute Gasteiger partial charge is 0.141 e. The standard InChI is InChI=1S/C15H21FN2/c1-12(14-9-15(16)11-17-10-14)18-8-7-13-5-3-2-4-6-13/h5,9-12,18H,2-4,6-8H2,1H3. The van der Waals surface area contributed by atoms with Crippen molar-refractivity contribution in [3.63, 3.8) is 0 Å². The third-order valence-electron chi connectivity index (χ3n) is 3.51. The van der Waals surface area contributed by atoms with E-state index in [1.54, 1.807) is 17.8 Å². The third-order valence-corrected chi connectivity index (χ3v) is 3.51. The van der Waals surface area contributed by atoms with Gasteiger partial charge in [0.1, 0.15) is 5.82 Å². The molecule has 1 aliphatic rings. The number of hydrogen-bond donors (Lipinski definition) is 1. The number of nitrogens with one attached hydrogen (secondary N) is 1. The summed E-state index contributed by atoms with van der Waals surface area (Å²) in [5, 5.41) is 3.43. The Hall–Kier alpha value is -1.22. The first kappa shape index (κ1) is 13.2. The van der Waals surface area contributed by atoms with E-state index in [4.69, 9.17) is 0 Å². The summed E-state index contributed by atoms with van der Waals surface area (Å²) in [5.41, 5.74) is 2.48. The highest BCUT2D eigenvalue weighted by Gasteiger charge is 2.07. The quantitative estimate of drug-likeness (QED) is 0.802. The molecular formula is C15H21FN2. The van der Waals surface area contributed by atoms with Crippen molar-refractivity contribution < 1.29 is 4.39 Å². The molecule has 1 heterocycles. The van der Waals surface area contributed by atoms with Crippen LogP contribution in [0.1, 0.15) is 50.6 Å². The molecule has 3 heteroatoms. The summed E-state index contributed by atoms with van der Waals surface area (Å²) in [6.45, 7) is 3.00. The van der Waals surface area contributed by atoms with Gasteiger partial charge in [-0.3, -0.25) is 4.98 Å². The Morgan fingerprint density at radius 2 is 2.28 bits per heavy atom. The van der Waals surface area contributed by atoms with Crippen LogP contribution in [0.15, 0.2) is 30.1 Å². The maximum Gasteiger partial charge on any atom is 0.141 e. The number of aromatic nitrogens is 1. The van der Waals surface area contributed by atoms with Crippen molar-refractivity contribution in [2.45, 2.75) is 45.1 Å². The molecule has 1 aromatic rings. The Labute approximate surface area is 108 Å². The van der Waals surface area contributed by atoms with Crippen molar-refractivity contribution in [1.82, 2.24) is 10.3 Å². The van der Waals surface area contributed by atoms with Crippen LogP contribution in [-0.4, -0.2) is 11.5 Å². The van der Waals surface area contributed by atoms with Crippen molar-refractivity contribution in [2.75, 3.05) is 6.54 Å². The topological polar surface area (TPSA) is 24.9 Å². The highest BCUT2D eigenvalue weighted by Crippen LogP contribution is 2.20. The van der Waals surface area contributed by atoms with Crippen LogP contribution in [0.4, 0.5) is 4.39 Å². The van der Waals surface area contributed by atoms with Crippen molar-refractivity contribution >= 4 is 0 Å². The van der Waals surface area contributed by atoms with Gasteiger partial charge in [0.25, 0.3) is 0 Å². The van der Waals surface area contributed by atoms with Gasteiger partial charge in [0.15, 0.2) is 0 Å². The summed E-state index contributed by atoms with van der Waals surface area (Å²) >= 11 is 0. The van der Waals surface area contributed by atoms with Crippen LogP contribution in [0.5, 0.6) is 0 Å². The molecule has 1 aliphatic carbocycles. The summed E-state index contributed by atoms with van der Waals surface area (Å²) in [4.78, 5) is 3.88. The molecule has 0 radical (unpaired) electrons. The number of allylic oxidation sites excluding steroid dienone is 1. The molecule has 0 aromatic carbocycles. The lowest BCUT2D eigenvalue weighted by Gasteiger charge is -2.16. The SMILES string of the molecule is CC(NCCC1=CCCCC1)c1cncc(F)c1. The zero-order chi connectivity index (χ0) is 12.8. The predicted octanol–water partition coefficient (Wildman–Crippen LogP) is 3.76. The second-order valence-corrected chi connectivity index (χ2v) is 4.97. The Morgan fingerprint density at radius 3 is 3.00 bits per heavy atom. The first-order valence-electron chi connectivity index (χ1n) is 6.77.